The van der Waals surface area contributed by atoms with E-state index in [1.54, 1.807) is 30.1 Å². The third kappa shape index (κ3) is 2.12. The highest BCUT2D eigenvalue weighted by Crippen LogP contribution is 2.11. The quantitative estimate of drug-likeness (QED) is 0.678. The molecular weight excluding hydrogens is 230 g/mol. The van der Waals surface area contributed by atoms with E-state index in [1.807, 2.05) is 0 Å². The number of rotatable bonds is 3. The molecule has 0 N–H and O–H groups in total. The van der Waals surface area contributed by atoms with Crippen molar-refractivity contribution in [2.24, 2.45) is 7.05 Å². The van der Waals surface area contributed by atoms with E-state index in [0.29, 0.717) is 17.5 Å². The van der Waals surface area contributed by atoms with Crippen LogP contribution in [0.15, 0.2) is 18.5 Å². The van der Waals surface area contributed by atoms with Gasteiger partial charge in [-0.05, 0) is 17.1 Å². The summed E-state index contributed by atoms with van der Waals surface area (Å²) in [6.45, 7) is 0. The van der Waals surface area contributed by atoms with Crippen LogP contribution in [0, 0.1) is 0 Å². The Hall–Kier alpha value is -1.67. The molecule has 2 heterocycles. The van der Waals surface area contributed by atoms with Gasteiger partial charge in [-0.2, -0.15) is 0 Å². The number of hydrogen-bond donors (Lipinski definition) is 0. The second kappa shape index (κ2) is 4.45. The lowest BCUT2D eigenvalue weighted by Crippen LogP contribution is -2.04. The molecule has 1 atom stereocenters. The highest BCUT2D eigenvalue weighted by Gasteiger charge is 2.12. The lowest BCUT2D eigenvalue weighted by atomic mass is 10.5. The van der Waals surface area contributed by atoms with Crippen LogP contribution in [0.5, 0.6) is 0 Å². The van der Waals surface area contributed by atoms with E-state index < -0.39 is 11.1 Å². The van der Waals surface area contributed by atoms with Crippen LogP contribution in [0.25, 0.3) is 11.6 Å². The highest BCUT2D eigenvalue weighted by atomic mass is 32.2. The smallest absolute Gasteiger partial charge is 0.201 e. The Labute approximate surface area is 93.9 Å². The molecule has 0 amide bonds. The third-order valence-electron chi connectivity index (χ3n) is 1.98. The van der Waals surface area contributed by atoms with Gasteiger partial charge in [-0.3, -0.25) is 4.21 Å². The maximum absolute atomic E-state index is 10.6. The van der Waals surface area contributed by atoms with Gasteiger partial charge in [0.1, 0.15) is 5.82 Å². The Morgan fingerprint density at radius 1 is 1.38 bits per heavy atom. The van der Waals surface area contributed by atoms with Crippen LogP contribution in [0.2, 0.25) is 0 Å². The van der Waals surface area contributed by atoms with Gasteiger partial charge in [0.25, 0.3) is 0 Å². The fourth-order valence-electron chi connectivity index (χ4n) is 1.20. The first-order chi connectivity index (χ1) is 7.68. The van der Waals surface area contributed by atoms with Gasteiger partial charge in [-0.25, -0.2) is 9.97 Å². The SMILES string of the molecule is Cn1c(CS(=O)[O-])nnc1-c1ncccn1. The first kappa shape index (κ1) is 10.8. The number of hydrogen-bond acceptors (Lipinski definition) is 6. The lowest BCUT2D eigenvalue weighted by Gasteiger charge is -2.04. The van der Waals surface area contributed by atoms with Crippen LogP contribution in [0.3, 0.4) is 0 Å². The van der Waals surface area contributed by atoms with Crippen LogP contribution in [-0.4, -0.2) is 33.5 Å². The van der Waals surface area contributed by atoms with Crippen molar-refractivity contribution in [2.75, 3.05) is 0 Å². The Morgan fingerprint density at radius 2 is 2.06 bits per heavy atom. The van der Waals surface area contributed by atoms with Crippen LogP contribution in [0.4, 0.5) is 0 Å². The van der Waals surface area contributed by atoms with Crippen molar-refractivity contribution in [3.63, 3.8) is 0 Å². The molecule has 16 heavy (non-hydrogen) atoms. The molecule has 8 heteroatoms. The molecule has 0 fully saturated rings. The highest BCUT2D eigenvalue weighted by molar-refractivity contribution is 7.78. The molecule has 1 unspecified atom stereocenters. The Kier molecular flexibility index (Phi) is 3.02. The summed E-state index contributed by atoms with van der Waals surface area (Å²) < 4.78 is 22.7. The average Bonchev–Trinajstić information content (AvgIpc) is 2.61. The van der Waals surface area contributed by atoms with E-state index in [9.17, 15) is 8.76 Å². The maximum atomic E-state index is 10.6. The van der Waals surface area contributed by atoms with E-state index in [1.165, 1.54) is 0 Å². The molecule has 84 valence electrons. The van der Waals surface area contributed by atoms with Crippen molar-refractivity contribution in [3.8, 4) is 11.6 Å². The minimum absolute atomic E-state index is 0.170. The van der Waals surface area contributed by atoms with Gasteiger partial charge in [-0.15, -0.1) is 10.2 Å². The van der Waals surface area contributed by atoms with Gasteiger partial charge < -0.3 is 9.12 Å². The van der Waals surface area contributed by atoms with E-state index in [2.05, 4.69) is 20.2 Å². The van der Waals surface area contributed by atoms with Gasteiger partial charge in [0.2, 0.25) is 5.82 Å². The van der Waals surface area contributed by atoms with Gasteiger partial charge in [-0.1, -0.05) is 0 Å². The molecule has 0 bridgehead atoms. The van der Waals surface area contributed by atoms with Crippen molar-refractivity contribution in [1.82, 2.24) is 24.7 Å². The monoisotopic (exact) mass is 238 g/mol. The fraction of sp³-hybridized carbons (Fsp3) is 0.250. The Bertz CT molecular complexity index is 512. The van der Waals surface area contributed by atoms with Crippen LogP contribution in [0.1, 0.15) is 5.82 Å². The number of nitrogens with zero attached hydrogens (tertiary/aromatic N) is 5. The van der Waals surface area contributed by atoms with Gasteiger partial charge in [0, 0.05) is 19.4 Å². The predicted octanol–water partition coefficient (Wildman–Crippen LogP) is -0.349. The third-order valence-corrected chi connectivity index (χ3v) is 2.47. The molecule has 2 aromatic rings. The van der Waals surface area contributed by atoms with Crippen LogP contribution >= 0.6 is 0 Å². The molecule has 0 saturated carbocycles. The topological polar surface area (TPSA) is 96.6 Å². The minimum atomic E-state index is -2.18. The Balaban J connectivity index is 2.37. The van der Waals surface area contributed by atoms with Crippen molar-refractivity contribution < 1.29 is 8.76 Å². The molecule has 0 aliphatic heterocycles. The summed E-state index contributed by atoms with van der Waals surface area (Å²) in [6, 6.07) is 1.69. The summed E-state index contributed by atoms with van der Waals surface area (Å²) in [5.41, 5.74) is 0. The van der Waals surface area contributed by atoms with Gasteiger partial charge in [0.15, 0.2) is 5.82 Å². The van der Waals surface area contributed by atoms with Crippen molar-refractivity contribution in [3.05, 3.63) is 24.3 Å². The molecule has 0 spiro atoms. The summed E-state index contributed by atoms with van der Waals surface area (Å²) in [5.74, 6) is 1.05. The molecule has 0 aromatic carbocycles. The second-order valence-corrected chi connectivity index (χ2v) is 3.92. The first-order valence-corrected chi connectivity index (χ1v) is 5.64. The minimum Gasteiger partial charge on any atom is -0.772 e. The zero-order valence-corrected chi connectivity index (χ0v) is 9.22. The molecule has 2 rings (SSSR count). The average molecular weight is 238 g/mol. The van der Waals surface area contributed by atoms with Crippen molar-refractivity contribution >= 4 is 11.1 Å². The summed E-state index contributed by atoms with van der Waals surface area (Å²) in [4.78, 5) is 8.03. The molecule has 2 aromatic heterocycles. The predicted molar refractivity (Wildman–Crippen MR) is 54.7 cm³/mol. The summed E-state index contributed by atoms with van der Waals surface area (Å²) in [6.07, 6.45) is 3.17. The standard InChI is InChI=1S/C8H9N5O2S/c1-13-6(5-16(14)15)11-12-8(13)7-9-3-2-4-10-7/h2-4H,5H2,1H3,(H,14,15)/p-1. The fourth-order valence-corrected chi connectivity index (χ4v) is 1.66. The lowest BCUT2D eigenvalue weighted by molar-refractivity contribution is 0.533. The van der Waals surface area contributed by atoms with Gasteiger partial charge >= 0.3 is 0 Å². The van der Waals surface area contributed by atoms with Crippen LogP contribution < -0.4 is 0 Å². The zero-order valence-electron chi connectivity index (χ0n) is 8.40. The first-order valence-electron chi connectivity index (χ1n) is 4.40. The molecule has 7 nitrogen and oxygen atoms in total. The molecule has 0 saturated heterocycles. The molecular formula is C8H8N5O2S-. The van der Waals surface area contributed by atoms with Crippen LogP contribution in [-0.2, 0) is 23.9 Å². The normalized spacial score (nSPS) is 12.6. The van der Waals surface area contributed by atoms with Crippen molar-refractivity contribution in [1.29, 1.82) is 0 Å². The summed E-state index contributed by atoms with van der Waals surface area (Å²) in [7, 11) is 1.67. The Morgan fingerprint density at radius 3 is 2.69 bits per heavy atom. The summed E-state index contributed by atoms with van der Waals surface area (Å²) >= 11 is -2.18. The van der Waals surface area contributed by atoms with Gasteiger partial charge in [0.05, 0.1) is 5.75 Å². The molecule has 0 aliphatic carbocycles. The van der Waals surface area contributed by atoms with E-state index in [0.717, 1.165) is 0 Å². The van der Waals surface area contributed by atoms with E-state index in [-0.39, 0.29) is 5.75 Å². The second-order valence-electron chi connectivity index (χ2n) is 3.02. The summed E-state index contributed by atoms with van der Waals surface area (Å²) in [5, 5.41) is 7.63. The largest absolute Gasteiger partial charge is 0.772 e. The molecule has 0 aliphatic rings. The maximum Gasteiger partial charge on any atom is 0.201 e. The van der Waals surface area contributed by atoms with E-state index >= 15 is 0 Å². The number of aromatic nitrogens is 5. The zero-order chi connectivity index (χ0) is 11.5. The molecule has 0 radical (unpaired) electrons. The van der Waals surface area contributed by atoms with E-state index in [4.69, 9.17) is 0 Å². The van der Waals surface area contributed by atoms with Crippen molar-refractivity contribution in [2.45, 2.75) is 5.75 Å².